The number of hydrogen-bond donors (Lipinski definition) is 2. The standard InChI is InChI=1S/C13H20N4.HI/c1-13(2)8-11(13)17-12(14-3)16-9-10-6-4-5-7-15-10;/h4-7,11H,8-9H2,1-3H3,(H2,14,16,17);1H. The van der Waals surface area contributed by atoms with Gasteiger partial charge in [0, 0.05) is 19.3 Å². The van der Waals surface area contributed by atoms with Gasteiger partial charge >= 0.3 is 0 Å². The summed E-state index contributed by atoms with van der Waals surface area (Å²) in [4.78, 5) is 8.48. The molecule has 1 aromatic heterocycles. The van der Waals surface area contributed by atoms with Gasteiger partial charge in [-0.2, -0.15) is 0 Å². The summed E-state index contributed by atoms with van der Waals surface area (Å²) in [6.45, 7) is 5.22. The Hall–Kier alpha value is -0.850. The summed E-state index contributed by atoms with van der Waals surface area (Å²) in [6.07, 6.45) is 3.01. The van der Waals surface area contributed by atoms with Gasteiger partial charge in [0.2, 0.25) is 0 Å². The average Bonchev–Trinajstić information content (AvgIpc) is 2.93. The number of aliphatic imine (C=N–C) groups is 1. The number of pyridine rings is 1. The quantitative estimate of drug-likeness (QED) is 0.494. The van der Waals surface area contributed by atoms with E-state index in [-0.39, 0.29) is 24.0 Å². The molecule has 0 aromatic carbocycles. The van der Waals surface area contributed by atoms with Crippen LogP contribution in [0.4, 0.5) is 0 Å². The molecule has 2 N–H and O–H groups in total. The maximum absolute atomic E-state index is 4.26. The molecule has 1 unspecified atom stereocenters. The van der Waals surface area contributed by atoms with Crippen molar-refractivity contribution in [2.45, 2.75) is 32.9 Å². The van der Waals surface area contributed by atoms with Gasteiger partial charge in [0.1, 0.15) is 0 Å². The van der Waals surface area contributed by atoms with Gasteiger partial charge in [-0.3, -0.25) is 9.98 Å². The maximum atomic E-state index is 4.26. The Morgan fingerprint density at radius 3 is 2.72 bits per heavy atom. The van der Waals surface area contributed by atoms with E-state index >= 15 is 0 Å². The normalized spacial score (nSPS) is 20.8. The highest BCUT2D eigenvalue weighted by Crippen LogP contribution is 2.44. The summed E-state index contributed by atoms with van der Waals surface area (Å²) in [5, 5.41) is 6.68. The highest BCUT2D eigenvalue weighted by atomic mass is 127. The Morgan fingerprint density at radius 2 is 2.22 bits per heavy atom. The van der Waals surface area contributed by atoms with E-state index in [1.54, 1.807) is 13.2 Å². The van der Waals surface area contributed by atoms with E-state index in [1.807, 2.05) is 18.2 Å². The Kier molecular flexibility index (Phi) is 5.37. The van der Waals surface area contributed by atoms with Crippen LogP contribution < -0.4 is 10.6 Å². The van der Waals surface area contributed by atoms with E-state index in [1.165, 1.54) is 6.42 Å². The Labute approximate surface area is 126 Å². The fourth-order valence-corrected chi connectivity index (χ4v) is 1.75. The molecule has 18 heavy (non-hydrogen) atoms. The minimum absolute atomic E-state index is 0. The SMILES string of the molecule is CN=C(NCc1ccccn1)NC1CC1(C)C.I. The van der Waals surface area contributed by atoms with Crippen LogP contribution in [0.2, 0.25) is 0 Å². The number of guanidine groups is 1. The topological polar surface area (TPSA) is 49.3 Å². The minimum Gasteiger partial charge on any atom is -0.353 e. The van der Waals surface area contributed by atoms with Gasteiger partial charge in [-0.25, -0.2) is 0 Å². The zero-order chi connectivity index (χ0) is 12.3. The predicted molar refractivity (Wildman–Crippen MR) is 85.2 cm³/mol. The molecule has 4 nitrogen and oxygen atoms in total. The van der Waals surface area contributed by atoms with Crippen LogP contribution in [-0.2, 0) is 6.54 Å². The molecular weight excluding hydrogens is 339 g/mol. The molecule has 0 amide bonds. The summed E-state index contributed by atoms with van der Waals surface area (Å²) in [6, 6.07) is 6.45. The van der Waals surface area contributed by atoms with E-state index in [0.717, 1.165) is 11.7 Å². The molecule has 0 aliphatic heterocycles. The third kappa shape index (κ3) is 4.12. The molecule has 1 atom stereocenters. The van der Waals surface area contributed by atoms with Crippen molar-refractivity contribution in [1.82, 2.24) is 15.6 Å². The van der Waals surface area contributed by atoms with E-state index < -0.39 is 0 Å². The van der Waals surface area contributed by atoms with Gasteiger partial charge < -0.3 is 10.6 Å². The van der Waals surface area contributed by atoms with Gasteiger partial charge in [0.15, 0.2) is 5.96 Å². The molecule has 100 valence electrons. The maximum Gasteiger partial charge on any atom is 0.191 e. The van der Waals surface area contributed by atoms with Crippen LogP contribution in [-0.4, -0.2) is 24.0 Å². The molecule has 0 bridgehead atoms. The average molecular weight is 360 g/mol. The van der Waals surface area contributed by atoms with Crippen LogP contribution >= 0.6 is 24.0 Å². The largest absolute Gasteiger partial charge is 0.353 e. The monoisotopic (exact) mass is 360 g/mol. The first-order valence-electron chi connectivity index (χ1n) is 5.99. The Balaban J connectivity index is 0.00000162. The van der Waals surface area contributed by atoms with Crippen LogP contribution in [0.25, 0.3) is 0 Å². The van der Waals surface area contributed by atoms with Gasteiger partial charge in [-0.15, -0.1) is 24.0 Å². The number of halogens is 1. The molecule has 1 fully saturated rings. The molecular formula is C13H21IN4. The summed E-state index contributed by atoms with van der Waals surface area (Å²) in [5.74, 6) is 0.853. The van der Waals surface area contributed by atoms with Crippen molar-refractivity contribution >= 4 is 29.9 Å². The van der Waals surface area contributed by atoms with Crippen molar-refractivity contribution in [2.24, 2.45) is 10.4 Å². The van der Waals surface area contributed by atoms with E-state index in [4.69, 9.17) is 0 Å². The number of nitrogens with one attached hydrogen (secondary N) is 2. The highest BCUT2D eigenvalue weighted by Gasteiger charge is 2.46. The lowest BCUT2D eigenvalue weighted by molar-refractivity contribution is 0.589. The summed E-state index contributed by atoms with van der Waals surface area (Å²) < 4.78 is 0. The number of hydrogen-bond acceptors (Lipinski definition) is 2. The molecule has 0 saturated heterocycles. The van der Waals surface area contributed by atoms with Crippen LogP contribution in [0.3, 0.4) is 0 Å². The first-order valence-corrected chi connectivity index (χ1v) is 5.99. The van der Waals surface area contributed by atoms with Crippen LogP contribution in [0, 0.1) is 5.41 Å². The fourth-order valence-electron chi connectivity index (χ4n) is 1.75. The van der Waals surface area contributed by atoms with Gasteiger partial charge in [0.25, 0.3) is 0 Å². The molecule has 0 radical (unpaired) electrons. The lowest BCUT2D eigenvalue weighted by atomic mass is 10.2. The number of rotatable bonds is 3. The van der Waals surface area contributed by atoms with Crippen LogP contribution in [0.1, 0.15) is 26.0 Å². The van der Waals surface area contributed by atoms with Crippen molar-refractivity contribution in [1.29, 1.82) is 0 Å². The molecule has 5 heteroatoms. The Morgan fingerprint density at radius 1 is 1.50 bits per heavy atom. The molecule has 1 saturated carbocycles. The van der Waals surface area contributed by atoms with Gasteiger partial charge in [0.05, 0.1) is 12.2 Å². The van der Waals surface area contributed by atoms with Crippen molar-refractivity contribution in [3.05, 3.63) is 30.1 Å². The number of aromatic nitrogens is 1. The highest BCUT2D eigenvalue weighted by molar-refractivity contribution is 14.0. The first-order chi connectivity index (χ1) is 8.12. The third-order valence-electron chi connectivity index (χ3n) is 3.21. The molecule has 1 aliphatic carbocycles. The lowest BCUT2D eigenvalue weighted by Crippen LogP contribution is -2.39. The van der Waals surface area contributed by atoms with Crippen molar-refractivity contribution < 1.29 is 0 Å². The molecule has 1 aromatic rings. The van der Waals surface area contributed by atoms with Crippen molar-refractivity contribution in [3.63, 3.8) is 0 Å². The predicted octanol–water partition coefficient (Wildman–Crippen LogP) is 2.16. The summed E-state index contributed by atoms with van der Waals surface area (Å²) in [5.41, 5.74) is 1.42. The fraction of sp³-hybridized carbons (Fsp3) is 0.538. The van der Waals surface area contributed by atoms with Crippen molar-refractivity contribution in [3.8, 4) is 0 Å². The van der Waals surface area contributed by atoms with E-state index in [9.17, 15) is 0 Å². The smallest absolute Gasteiger partial charge is 0.191 e. The molecule has 2 rings (SSSR count). The molecule has 0 spiro atoms. The third-order valence-corrected chi connectivity index (χ3v) is 3.21. The second-order valence-corrected chi connectivity index (χ2v) is 5.14. The minimum atomic E-state index is 0. The first kappa shape index (κ1) is 15.2. The summed E-state index contributed by atoms with van der Waals surface area (Å²) in [7, 11) is 1.79. The van der Waals surface area contributed by atoms with Gasteiger partial charge in [-0.05, 0) is 24.0 Å². The van der Waals surface area contributed by atoms with Gasteiger partial charge in [-0.1, -0.05) is 19.9 Å². The molecule has 1 aliphatic rings. The molecule has 1 heterocycles. The summed E-state index contributed by atoms with van der Waals surface area (Å²) >= 11 is 0. The number of nitrogens with zero attached hydrogens (tertiary/aromatic N) is 2. The zero-order valence-electron chi connectivity index (χ0n) is 11.1. The van der Waals surface area contributed by atoms with Crippen molar-refractivity contribution in [2.75, 3.05) is 7.05 Å². The lowest BCUT2D eigenvalue weighted by Gasteiger charge is -2.12. The Bertz CT molecular complexity index is 403. The van der Waals surface area contributed by atoms with E-state index in [0.29, 0.717) is 18.0 Å². The second-order valence-electron chi connectivity index (χ2n) is 5.14. The van der Waals surface area contributed by atoms with Crippen LogP contribution in [0.15, 0.2) is 29.4 Å². The second kappa shape index (κ2) is 6.36. The zero-order valence-corrected chi connectivity index (χ0v) is 13.4. The van der Waals surface area contributed by atoms with E-state index in [2.05, 4.69) is 34.5 Å². The van der Waals surface area contributed by atoms with Crippen LogP contribution in [0.5, 0.6) is 0 Å².